The van der Waals surface area contributed by atoms with E-state index >= 15 is 0 Å². The summed E-state index contributed by atoms with van der Waals surface area (Å²) in [6.45, 7) is 6.20. The van der Waals surface area contributed by atoms with Crippen molar-refractivity contribution < 1.29 is 5.11 Å². The molecule has 0 saturated carbocycles. The van der Waals surface area contributed by atoms with Crippen LogP contribution in [0.2, 0.25) is 0 Å². The van der Waals surface area contributed by atoms with Gasteiger partial charge in [0.05, 0.1) is 5.60 Å². The van der Waals surface area contributed by atoms with Crippen molar-refractivity contribution >= 4 is 11.6 Å². The van der Waals surface area contributed by atoms with E-state index < -0.39 is 5.60 Å². The average Bonchev–Trinajstić information content (AvgIpc) is 2.68. The maximum Gasteiger partial charge on any atom is 0.243 e. The molecular formula is C12H18N4O. The van der Waals surface area contributed by atoms with Crippen LogP contribution in [0.4, 0.5) is 5.95 Å². The lowest BCUT2D eigenvalue weighted by atomic mass is 10.0. The summed E-state index contributed by atoms with van der Waals surface area (Å²) in [4.78, 5) is 4.34. The van der Waals surface area contributed by atoms with Crippen LogP contribution in [0.1, 0.15) is 25.8 Å². The fourth-order valence-electron chi connectivity index (χ4n) is 1.45. The highest BCUT2D eigenvalue weighted by molar-refractivity contribution is 5.45. The van der Waals surface area contributed by atoms with Crippen molar-refractivity contribution in [3.05, 3.63) is 23.9 Å². The Morgan fingerprint density at radius 1 is 1.53 bits per heavy atom. The van der Waals surface area contributed by atoms with Crippen LogP contribution in [0.3, 0.4) is 0 Å². The van der Waals surface area contributed by atoms with Gasteiger partial charge in [0.25, 0.3) is 0 Å². The molecule has 0 bridgehead atoms. The van der Waals surface area contributed by atoms with Gasteiger partial charge in [0.1, 0.15) is 0 Å². The maximum atomic E-state index is 9.88. The Hall–Kier alpha value is -1.62. The molecular weight excluding hydrogens is 216 g/mol. The quantitative estimate of drug-likeness (QED) is 0.843. The minimum Gasteiger partial charge on any atom is -0.388 e. The zero-order valence-electron chi connectivity index (χ0n) is 10.4. The van der Waals surface area contributed by atoms with Crippen molar-refractivity contribution in [1.29, 1.82) is 0 Å². The van der Waals surface area contributed by atoms with Crippen molar-refractivity contribution in [3.8, 4) is 0 Å². The summed E-state index contributed by atoms with van der Waals surface area (Å²) < 4.78 is 1.72. The van der Waals surface area contributed by atoms with Crippen molar-refractivity contribution in [1.82, 2.24) is 14.6 Å². The summed E-state index contributed by atoms with van der Waals surface area (Å²) in [5.74, 6) is 0.546. The van der Waals surface area contributed by atoms with Gasteiger partial charge in [-0.1, -0.05) is 6.92 Å². The minimum atomic E-state index is -0.729. The number of pyridine rings is 1. The van der Waals surface area contributed by atoms with Crippen molar-refractivity contribution in [2.45, 2.75) is 32.8 Å². The van der Waals surface area contributed by atoms with Gasteiger partial charge in [0, 0.05) is 12.7 Å². The van der Waals surface area contributed by atoms with Crippen LogP contribution in [0.15, 0.2) is 18.3 Å². The Morgan fingerprint density at radius 3 is 3.00 bits per heavy atom. The van der Waals surface area contributed by atoms with E-state index in [4.69, 9.17) is 0 Å². The van der Waals surface area contributed by atoms with Crippen LogP contribution in [0.25, 0.3) is 5.65 Å². The zero-order chi connectivity index (χ0) is 12.5. The van der Waals surface area contributed by atoms with Gasteiger partial charge in [-0.15, -0.1) is 5.10 Å². The number of fused-ring (bicyclic) bond motifs is 1. The maximum absolute atomic E-state index is 9.88. The molecule has 2 aromatic rings. The third-order valence-electron chi connectivity index (χ3n) is 2.88. The number of hydrogen-bond donors (Lipinski definition) is 2. The number of aryl methyl sites for hydroxylation is 1. The second kappa shape index (κ2) is 4.33. The summed E-state index contributed by atoms with van der Waals surface area (Å²) in [7, 11) is 0. The van der Waals surface area contributed by atoms with E-state index in [0.717, 1.165) is 11.2 Å². The van der Waals surface area contributed by atoms with Gasteiger partial charge in [0.2, 0.25) is 5.95 Å². The predicted molar refractivity (Wildman–Crippen MR) is 67.1 cm³/mol. The van der Waals surface area contributed by atoms with Crippen LogP contribution in [-0.4, -0.2) is 31.9 Å². The molecule has 92 valence electrons. The molecule has 1 atom stereocenters. The molecule has 0 saturated heterocycles. The number of rotatable bonds is 4. The molecule has 0 fully saturated rings. The number of hydrogen-bond acceptors (Lipinski definition) is 4. The average molecular weight is 234 g/mol. The molecule has 1 unspecified atom stereocenters. The summed E-state index contributed by atoms with van der Waals surface area (Å²) in [5, 5.41) is 17.2. The first-order valence-electron chi connectivity index (χ1n) is 5.79. The van der Waals surface area contributed by atoms with Crippen molar-refractivity contribution in [2.75, 3.05) is 11.9 Å². The Bertz CT molecular complexity index is 518. The van der Waals surface area contributed by atoms with Crippen LogP contribution in [-0.2, 0) is 0 Å². The van der Waals surface area contributed by atoms with E-state index in [1.807, 2.05) is 32.2 Å². The van der Waals surface area contributed by atoms with Gasteiger partial charge in [-0.2, -0.15) is 4.98 Å². The topological polar surface area (TPSA) is 62.5 Å². The smallest absolute Gasteiger partial charge is 0.243 e. The molecule has 0 aliphatic heterocycles. The molecule has 0 amide bonds. The SMILES string of the molecule is CCC(C)(O)CNc1nc2cc(C)ccn2n1. The third-order valence-corrected chi connectivity index (χ3v) is 2.88. The molecule has 17 heavy (non-hydrogen) atoms. The predicted octanol–water partition coefficient (Wildman–Crippen LogP) is 1.61. The number of nitrogens with zero attached hydrogens (tertiary/aromatic N) is 3. The fraction of sp³-hybridized carbons (Fsp3) is 0.500. The molecule has 2 heterocycles. The molecule has 0 radical (unpaired) electrons. The largest absolute Gasteiger partial charge is 0.388 e. The van der Waals surface area contributed by atoms with Crippen molar-refractivity contribution in [3.63, 3.8) is 0 Å². The number of anilines is 1. The molecule has 2 aromatic heterocycles. The summed E-state index contributed by atoms with van der Waals surface area (Å²) in [6.07, 6.45) is 2.56. The number of aliphatic hydroxyl groups is 1. The first-order valence-corrected chi connectivity index (χ1v) is 5.79. The van der Waals surface area contributed by atoms with Gasteiger partial charge in [-0.05, 0) is 38.0 Å². The Labute approximate surface area is 100 Å². The first kappa shape index (κ1) is 11.9. The third kappa shape index (κ3) is 2.74. The van der Waals surface area contributed by atoms with Crippen LogP contribution in [0.5, 0.6) is 0 Å². The molecule has 0 aliphatic carbocycles. The van der Waals surface area contributed by atoms with Crippen LogP contribution < -0.4 is 5.32 Å². The fourth-order valence-corrected chi connectivity index (χ4v) is 1.45. The summed E-state index contributed by atoms with van der Waals surface area (Å²) in [6, 6.07) is 3.95. The van der Waals surface area contributed by atoms with Gasteiger partial charge >= 0.3 is 0 Å². The van der Waals surface area contributed by atoms with E-state index in [1.165, 1.54) is 0 Å². The first-order chi connectivity index (χ1) is 8.00. The number of nitrogens with one attached hydrogen (secondary N) is 1. The monoisotopic (exact) mass is 234 g/mol. The minimum absolute atomic E-state index is 0.444. The van der Waals surface area contributed by atoms with Crippen LogP contribution >= 0.6 is 0 Å². The van der Waals surface area contributed by atoms with E-state index in [1.54, 1.807) is 11.4 Å². The number of aromatic nitrogens is 3. The second-order valence-electron chi connectivity index (χ2n) is 4.65. The lowest BCUT2D eigenvalue weighted by molar-refractivity contribution is 0.0696. The molecule has 0 aromatic carbocycles. The van der Waals surface area contributed by atoms with Gasteiger partial charge in [-0.3, -0.25) is 0 Å². The summed E-state index contributed by atoms with van der Waals surface area (Å²) >= 11 is 0. The van der Waals surface area contributed by atoms with E-state index in [-0.39, 0.29) is 0 Å². The zero-order valence-corrected chi connectivity index (χ0v) is 10.4. The molecule has 5 nitrogen and oxygen atoms in total. The Kier molecular flexibility index (Phi) is 3.02. The summed E-state index contributed by atoms with van der Waals surface area (Å²) in [5.41, 5.74) is 1.23. The van der Waals surface area contributed by atoms with E-state index in [9.17, 15) is 5.11 Å². The van der Waals surface area contributed by atoms with Crippen molar-refractivity contribution in [2.24, 2.45) is 0 Å². The van der Waals surface area contributed by atoms with Gasteiger partial charge in [0.15, 0.2) is 5.65 Å². The molecule has 2 rings (SSSR count). The lowest BCUT2D eigenvalue weighted by Gasteiger charge is -2.20. The molecule has 0 aliphatic rings. The standard InChI is InChI=1S/C12H18N4O/c1-4-12(3,17)8-13-11-14-10-7-9(2)5-6-16(10)15-11/h5-7,17H,4,8H2,1-3H3,(H,13,15). The van der Waals surface area contributed by atoms with E-state index in [2.05, 4.69) is 15.4 Å². The lowest BCUT2D eigenvalue weighted by Crippen LogP contribution is -2.32. The molecule has 0 spiro atoms. The highest BCUT2D eigenvalue weighted by Gasteiger charge is 2.17. The van der Waals surface area contributed by atoms with E-state index in [0.29, 0.717) is 18.9 Å². The van der Waals surface area contributed by atoms with Crippen LogP contribution in [0, 0.1) is 6.92 Å². The highest BCUT2D eigenvalue weighted by Crippen LogP contribution is 2.11. The Morgan fingerprint density at radius 2 is 2.29 bits per heavy atom. The highest BCUT2D eigenvalue weighted by atomic mass is 16.3. The van der Waals surface area contributed by atoms with Gasteiger partial charge < -0.3 is 10.4 Å². The molecule has 5 heteroatoms. The Balaban J connectivity index is 2.15. The second-order valence-corrected chi connectivity index (χ2v) is 4.65. The normalized spacial score (nSPS) is 14.8. The molecule has 2 N–H and O–H groups in total. The van der Waals surface area contributed by atoms with Gasteiger partial charge in [-0.25, -0.2) is 4.52 Å².